The van der Waals surface area contributed by atoms with Gasteiger partial charge in [-0.15, -0.1) is 0 Å². The van der Waals surface area contributed by atoms with E-state index in [9.17, 15) is 9.59 Å². The summed E-state index contributed by atoms with van der Waals surface area (Å²) in [6.45, 7) is 21.3. The molecule has 432 valence electrons. The van der Waals surface area contributed by atoms with Gasteiger partial charge in [-0.05, 0) is 119 Å². The van der Waals surface area contributed by atoms with E-state index < -0.39 is 24.4 Å². The molecule has 2 heterocycles. The molecule has 0 aliphatic carbocycles. The third kappa shape index (κ3) is 17.8. The lowest BCUT2D eigenvalue weighted by atomic mass is 9.78. The van der Waals surface area contributed by atoms with Crippen LogP contribution in [-0.4, -0.2) is 103 Å². The second-order valence-corrected chi connectivity index (χ2v) is 22.4. The van der Waals surface area contributed by atoms with Gasteiger partial charge in [-0.25, -0.2) is 9.59 Å². The van der Waals surface area contributed by atoms with Gasteiger partial charge in [0.2, 0.25) is 0 Å². The SMILES string of the molecule is CCCCNC(=O)OC(COc1ccc(C(C)(C)c2ccc(OCC3CO3)cc2)cc1)COc1ccc(C(C)(C)c2ccc(OCC(COc3ccc(C(C)(C)c4ccc(OCC5CO5)cc4)cc3)OC(=O)NCCCC)cc2)cc1. The fraction of sp³-hybridized carbons (Fsp3) is 0.433. The molecule has 4 atom stereocenters. The van der Waals surface area contributed by atoms with Crippen molar-refractivity contribution in [2.45, 2.75) is 122 Å². The Morgan fingerprint density at radius 3 is 0.840 bits per heavy atom. The molecular weight excluding hydrogens is 1020 g/mol. The molecule has 14 nitrogen and oxygen atoms in total. The van der Waals surface area contributed by atoms with Crippen LogP contribution in [-0.2, 0) is 35.2 Å². The zero-order valence-corrected chi connectivity index (χ0v) is 48.5. The molecule has 81 heavy (non-hydrogen) atoms. The molecule has 0 saturated carbocycles. The van der Waals surface area contributed by atoms with Crippen LogP contribution in [0.25, 0.3) is 0 Å². The Bertz CT molecular complexity index is 2670. The number of ether oxygens (including phenoxy) is 10. The van der Waals surface area contributed by atoms with Crippen molar-refractivity contribution >= 4 is 12.2 Å². The molecular formula is C67H82N2O12. The van der Waals surface area contributed by atoms with E-state index in [1.807, 2.05) is 97.1 Å². The Morgan fingerprint density at radius 1 is 0.407 bits per heavy atom. The van der Waals surface area contributed by atoms with Crippen LogP contribution in [0.2, 0.25) is 0 Å². The number of hydrogen-bond acceptors (Lipinski definition) is 12. The maximum Gasteiger partial charge on any atom is 0.407 e. The van der Waals surface area contributed by atoms with Crippen LogP contribution in [0, 0.1) is 0 Å². The van der Waals surface area contributed by atoms with Gasteiger partial charge in [0, 0.05) is 29.3 Å². The summed E-state index contributed by atoms with van der Waals surface area (Å²) in [4.78, 5) is 25.7. The van der Waals surface area contributed by atoms with Crippen LogP contribution in [0.5, 0.6) is 34.5 Å². The van der Waals surface area contributed by atoms with Crippen molar-refractivity contribution in [1.29, 1.82) is 0 Å². The summed E-state index contributed by atoms with van der Waals surface area (Å²) in [6, 6.07) is 48.3. The average molecular weight is 1110 g/mol. The number of amides is 2. The number of nitrogens with one attached hydrogen (secondary N) is 2. The minimum Gasteiger partial charge on any atom is -0.491 e. The number of alkyl carbamates (subject to hydrolysis) is 2. The minimum absolute atomic E-state index is 0.0849. The lowest BCUT2D eigenvalue weighted by Crippen LogP contribution is -2.36. The molecule has 4 unspecified atom stereocenters. The Balaban J connectivity index is 0.833. The van der Waals surface area contributed by atoms with Crippen molar-refractivity contribution in [3.05, 3.63) is 179 Å². The molecule has 14 heteroatoms. The average Bonchev–Trinajstić information content (AvgIpc) is 4.47. The van der Waals surface area contributed by atoms with Crippen LogP contribution in [0.15, 0.2) is 146 Å². The van der Waals surface area contributed by atoms with Gasteiger partial charge in [0.15, 0.2) is 12.2 Å². The first kappa shape index (κ1) is 59.7. The van der Waals surface area contributed by atoms with Crippen LogP contribution in [0.1, 0.15) is 114 Å². The maximum atomic E-state index is 12.9. The van der Waals surface area contributed by atoms with E-state index in [2.05, 4.69) is 115 Å². The van der Waals surface area contributed by atoms with Crippen LogP contribution >= 0.6 is 0 Å². The van der Waals surface area contributed by atoms with Crippen LogP contribution in [0.4, 0.5) is 9.59 Å². The van der Waals surface area contributed by atoms with Crippen molar-refractivity contribution in [3.8, 4) is 34.5 Å². The smallest absolute Gasteiger partial charge is 0.407 e. The first-order valence-electron chi connectivity index (χ1n) is 28.6. The third-order valence-electron chi connectivity index (χ3n) is 15.0. The summed E-state index contributed by atoms with van der Waals surface area (Å²) in [7, 11) is 0. The molecule has 2 saturated heterocycles. The van der Waals surface area contributed by atoms with Gasteiger partial charge in [-0.3, -0.25) is 0 Å². The summed E-state index contributed by atoms with van der Waals surface area (Å²) in [5.41, 5.74) is 5.80. The second kappa shape index (κ2) is 28.3. The number of rotatable bonds is 32. The van der Waals surface area contributed by atoms with Crippen LogP contribution in [0.3, 0.4) is 0 Å². The molecule has 2 aliphatic heterocycles. The molecule has 6 aromatic rings. The van der Waals surface area contributed by atoms with Crippen molar-refractivity contribution < 1.29 is 57.0 Å². The molecule has 2 fully saturated rings. The number of hydrogen-bond donors (Lipinski definition) is 2. The van der Waals surface area contributed by atoms with Crippen molar-refractivity contribution in [2.24, 2.45) is 0 Å². The lowest BCUT2D eigenvalue weighted by molar-refractivity contribution is 0.0354. The Kier molecular flexibility index (Phi) is 20.9. The standard InChI is InChI=1S/C67H82N2O12/c1-9-11-37-68-63(70)80-61(43-74-55-29-17-49(18-30-55)65(3,4)47-13-25-53(26-14-47)72-39-59-41-78-59)45-76-57-33-21-51(22-34-57)67(7,8)52-23-35-58(36-24-52)77-46-62(81-64(71)69-38-12-10-2)44-75-56-31-19-50(20-32-56)66(5,6)48-15-27-54(28-16-48)73-40-60-42-79-60/h13-36,59-62H,9-12,37-46H2,1-8H3,(H,68,70)(H,69,71). The van der Waals surface area contributed by atoms with Gasteiger partial charge < -0.3 is 58.0 Å². The first-order valence-corrected chi connectivity index (χ1v) is 28.6. The molecule has 2 N–H and O–H groups in total. The summed E-state index contributed by atoms with van der Waals surface area (Å²) in [5.74, 6) is 4.22. The van der Waals surface area contributed by atoms with Gasteiger partial charge in [0.05, 0.1) is 13.2 Å². The number of carbonyl (C=O) groups is 2. The molecule has 2 aliphatic rings. The van der Waals surface area contributed by atoms with E-state index in [1.54, 1.807) is 0 Å². The number of benzene rings is 6. The number of epoxide rings is 2. The summed E-state index contributed by atoms with van der Waals surface area (Å²) < 4.78 is 58.8. The quantitative estimate of drug-likeness (QED) is 0.0305. The monoisotopic (exact) mass is 1110 g/mol. The van der Waals surface area contributed by atoms with Crippen molar-refractivity contribution in [2.75, 3.05) is 65.9 Å². The van der Waals surface area contributed by atoms with E-state index in [0.717, 1.165) is 83.8 Å². The van der Waals surface area contributed by atoms with E-state index in [-0.39, 0.29) is 54.9 Å². The van der Waals surface area contributed by atoms with Gasteiger partial charge in [-0.2, -0.15) is 0 Å². The Morgan fingerprint density at radius 2 is 0.630 bits per heavy atom. The Hall–Kier alpha value is -7.42. The topological polar surface area (TPSA) is 157 Å². The minimum atomic E-state index is -0.691. The van der Waals surface area contributed by atoms with Gasteiger partial charge in [-0.1, -0.05) is 141 Å². The zero-order valence-electron chi connectivity index (χ0n) is 48.5. The van der Waals surface area contributed by atoms with Gasteiger partial charge in [0.1, 0.15) is 86.3 Å². The highest BCUT2D eigenvalue weighted by Crippen LogP contribution is 2.37. The fourth-order valence-electron chi connectivity index (χ4n) is 9.12. The number of unbranched alkanes of at least 4 members (excludes halogenated alkanes) is 2. The molecule has 8 rings (SSSR count). The predicted octanol–water partition coefficient (Wildman–Crippen LogP) is 12.9. The molecule has 0 bridgehead atoms. The van der Waals surface area contributed by atoms with E-state index >= 15 is 0 Å². The summed E-state index contributed by atoms with van der Waals surface area (Å²) in [6.07, 6.45) is 1.59. The first-order chi connectivity index (χ1) is 39.1. The summed E-state index contributed by atoms with van der Waals surface area (Å²) in [5, 5.41) is 5.68. The largest absolute Gasteiger partial charge is 0.491 e. The van der Waals surface area contributed by atoms with E-state index in [4.69, 9.17) is 47.4 Å². The number of carbonyl (C=O) groups excluding carboxylic acids is 2. The Labute approximate surface area is 479 Å². The lowest BCUT2D eigenvalue weighted by Gasteiger charge is -2.27. The maximum absolute atomic E-state index is 12.9. The zero-order chi connectivity index (χ0) is 57.2. The van der Waals surface area contributed by atoms with E-state index in [0.29, 0.717) is 49.3 Å². The van der Waals surface area contributed by atoms with E-state index in [1.165, 1.54) is 0 Å². The van der Waals surface area contributed by atoms with Gasteiger partial charge >= 0.3 is 12.2 Å². The summed E-state index contributed by atoms with van der Waals surface area (Å²) >= 11 is 0. The third-order valence-corrected chi connectivity index (χ3v) is 15.0. The highest BCUT2D eigenvalue weighted by Gasteiger charge is 2.29. The van der Waals surface area contributed by atoms with Crippen molar-refractivity contribution in [1.82, 2.24) is 10.6 Å². The molecule has 0 spiro atoms. The second-order valence-electron chi connectivity index (χ2n) is 22.4. The van der Waals surface area contributed by atoms with Crippen molar-refractivity contribution in [3.63, 3.8) is 0 Å². The fourth-order valence-corrected chi connectivity index (χ4v) is 9.12. The van der Waals surface area contributed by atoms with Gasteiger partial charge in [0.25, 0.3) is 0 Å². The van der Waals surface area contributed by atoms with Crippen LogP contribution < -0.4 is 39.1 Å². The molecule has 6 aromatic carbocycles. The molecule has 0 aromatic heterocycles. The normalized spacial score (nSPS) is 15.6. The highest BCUT2D eigenvalue weighted by atomic mass is 16.6. The molecule has 0 radical (unpaired) electrons. The predicted molar refractivity (Wildman–Crippen MR) is 314 cm³/mol. The molecule has 2 amide bonds. The highest BCUT2D eigenvalue weighted by molar-refractivity contribution is 5.67.